The number of methoxy groups -OCH3 is 1. The van der Waals surface area contributed by atoms with Crippen molar-refractivity contribution in [1.82, 2.24) is 0 Å². The van der Waals surface area contributed by atoms with Crippen molar-refractivity contribution in [3.8, 4) is 23.8 Å². The highest BCUT2D eigenvalue weighted by atomic mass is 79.9. The minimum absolute atomic E-state index is 0.179. The molecule has 2 rings (SSSR count). The zero-order valence-electron chi connectivity index (χ0n) is 12.0. The Morgan fingerprint density at radius 3 is 2.77 bits per heavy atom. The predicted octanol–water partition coefficient (Wildman–Crippen LogP) is 3.92. The maximum atomic E-state index is 5.47. The standard InChI is InChI=1S/C17H15BrN2O2/c1-3-9-22-17-15(18)10-13(11-16(17)21-2)12-19-20-14-7-5-4-6-8-14/h1,4-8,10-12,20H,9H2,2H3/b19-12-. The number of terminal acetylenes is 1. The first-order valence-electron chi connectivity index (χ1n) is 6.52. The molecule has 22 heavy (non-hydrogen) atoms. The van der Waals surface area contributed by atoms with E-state index < -0.39 is 0 Å². The van der Waals surface area contributed by atoms with Crippen LogP contribution in [0.25, 0.3) is 0 Å². The largest absolute Gasteiger partial charge is 0.493 e. The summed E-state index contributed by atoms with van der Waals surface area (Å²) in [5.41, 5.74) is 4.73. The number of para-hydroxylation sites is 1. The van der Waals surface area contributed by atoms with E-state index in [-0.39, 0.29) is 6.61 Å². The molecule has 0 bridgehead atoms. The molecule has 0 aliphatic rings. The SMILES string of the molecule is C#CCOc1c(Br)cc(/C=N\Nc2ccccc2)cc1OC. The molecule has 5 heteroatoms. The van der Waals surface area contributed by atoms with E-state index in [1.54, 1.807) is 13.3 Å². The minimum Gasteiger partial charge on any atom is -0.493 e. The predicted molar refractivity (Wildman–Crippen MR) is 92.7 cm³/mol. The van der Waals surface area contributed by atoms with Gasteiger partial charge in [0.15, 0.2) is 11.5 Å². The van der Waals surface area contributed by atoms with Crippen molar-refractivity contribution in [3.05, 3.63) is 52.5 Å². The molecular formula is C17H15BrN2O2. The Kier molecular flexibility index (Phi) is 5.87. The van der Waals surface area contributed by atoms with Gasteiger partial charge >= 0.3 is 0 Å². The summed E-state index contributed by atoms with van der Waals surface area (Å²) in [6, 6.07) is 13.4. The average molecular weight is 359 g/mol. The van der Waals surface area contributed by atoms with E-state index in [2.05, 4.69) is 32.4 Å². The van der Waals surface area contributed by atoms with Crippen LogP contribution >= 0.6 is 15.9 Å². The number of halogens is 1. The molecule has 2 aromatic carbocycles. The number of hydrogen-bond acceptors (Lipinski definition) is 4. The van der Waals surface area contributed by atoms with Gasteiger partial charge in [0.05, 0.1) is 23.5 Å². The Morgan fingerprint density at radius 2 is 2.09 bits per heavy atom. The highest BCUT2D eigenvalue weighted by Crippen LogP contribution is 2.36. The molecule has 0 saturated carbocycles. The number of anilines is 1. The maximum Gasteiger partial charge on any atom is 0.176 e. The molecule has 0 aliphatic heterocycles. The number of hydrogen-bond donors (Lipinski definition) is 1. The van der Waals surface area contributed by atoms with Gasteiger partial charge < -0.3 is 9.47 Å². The molecule has 0 heterocycles. The lowest BCUT2D eigenvalue weighted by Crippen LogP contribution is -1.99. The molecule has 1 N–H and O–H groups in total. The Labute approximate surface area is 138 Å². The van der Waals surface area contributed by atoms with Crippen molar-refractivity contribution in [2.45, 2.75) is 0 Å². The molecule has 0 aromatic heterocycles. The topological polar surface area (TPSA) is 42.8 Å². The quantitative estimate of drug-likeness (QED) is 0.483. The fourth-order valence-corrected chi connectivity index (χ4v) is 2.34. The third-order valence-corrected chi connectivity index (χ3v) is 3.32. The average Bonchev–Trinajstić information content (AvgIpc) is 2.54. The summed E-state index contributed by atoms with van der Waals surface area (Å²) in [6.07, 6.45) is 6.91. The van der Waals surface area contributed by atoms with E-state index in [4.69, 9.17) is 15.9 Å². The lowest BCUT2D eigenvalue weighted by atomic mass is 10.2. The molecule has 0 amide bonds. The fourth-order valence-electron chi connectivity index (χ4n) is 1.76. The number of nitrogens with zero attached hydrogens (tertiary/aromatic N) is 1. The van der Waals surface area contributed by atoms with Gasteiger partial charge in [-0.05, 0) is 45.8 Å². The summed E-state index contributed by atoms with van der Waals surface area (Å²) in [6.45, 7) is 0.179. The van der Waals surface area contributed by atoms with Gasteiger partial charge in [-0.15, -0.1) is 6.42 Å². The first-order chi connectivity index (χ1) is 10.7. The third-order valence-electron chi connectivity index (χ3n) is 2.73. The Morgan fingerprint density at radius 1 is 1.32 bits per heavy atom. The van der Waals surface area contributed by atoms with Crippen LogP contribution in [0, 0.1) is 12.3 Å². The van der Waals surface area contributed by atoms with Crippen LogP contribution in [0.4, 0.5) is 5.69 Å². The van der Waals surface area contributed by atoms with Crippen LogP contribution in [0.15, 0.2) is 52.0 Å². The molecule has 2 aromatic rings. The van der Waals surface area contributed by atoms with Gasteiger partial charge in [0, 0.05) is 0 Å². The van der Waals surface area contributed by atoms with Gasteiger partial charge in [-0.25, -0.2) is 0 Å². The lowest BCUT2D eigenvalue weighted by molar-refractivity contribution is 0.329. The van der Waals surface area contributed by atoms with Gasteiger partial charge in [0.1, 0.15) is 6.61 Å². The number of benzene rings is 2. The second-order valence-electron chi connectivity index (χ2n) is 4.26. The summed E-state index contributed by atoms with van der Waals surface area (Å²) >= 11 is 3.45. The maximum absolute atomic E-state index is 5.47. The molecule has 0 spiro atoms. The fraction of sp³-hybridized carbons (Fsp3) is 0.118. The second-order valence-corrected chi connectivity index (χ2v) is 5.12. The van der Waals surface area contributed by atoms with Gasteiger partial charge in [-0.3, -0.25) is 5.43 Å². The van der Waals surface area contributed by atoms with Crippen molar-refractivity contribution in [2.75, 3.05) is 19.1 Å². The number of rotatable bonds is 6. The first kappa shape index (κ1) is 15.9. The Hall–Kier alpha value is -2.45. The van der Waals surface area contributed by atoms with E-state index in [9.17, 15) is 0 Å². The smallest absolute Gasteiger partial charge is 0.176 e. The molecule has 0 radical (unpaired) electrons. The Balaban J connectivity index is 2.15. The Bertz CT molecular complexity index is 694. The van der Waals surface area contributed by atoms with E-state index in [1.807, 2.05) is 42.5 Å². The third kappa shape index (κ3) is 4.27. The molecule has 112 valence electrons. The minimum atomic E-state index is 0.179. The van der Waals surface area contributed by atoms with Crippen LogP contribution in [0.5, 0.6) is 11.5 Å². The summed E-state index contributed by atoms with van der Waals surface area (Å²) in [5, 5.41) is 4.20. The monoisotopic (exact) mass is 358 g/mol. The van der Waals surface area contributed by atoms with E-state index in [0.717, 1.165) is 15.7 Å². The molecule has 0 aliphatic carbocycles. The number of nitrogens with one attached hydrogen (secondary N) is 1. The van der Waals surface area contributed by atoms with Crippen molar-refractivity contribution < 1.29 is 9.47 Å². The second kappa shape index (κ2) is 8.11. The van der Waals surface area contributed by atoms with Gasteiger partial charge in [-0.2, -0.15) is 5.10 Å². The number of ether oxygens (including phenoxy) is 2. The highest BCUT2D eigenvalue weighted by molar-refractivity contribution is 9.10. The number of hydrazone groups is 1. The van der Waals surface area contributed by atoms with Crippen molar-refractivity contribution in [2.24, 2.45) is 5.10 Å². The van der Waals surface area contributed by atoms with E-state index in [0.29, 0.717) is 11.5 Å². The van der Waals surface area contributed by atoms with Crippen LogP contribution in [-0.2, 0) is 0 Å². The van der Waals surface area contributed by atoms with Crippen molar-refractivity contribution in [1.29, 1.82) is 0 Å². The van der Waals surface area contributed by atoms with Crippen LogP contribution in [0.3, 0.4) is 0 Å². The van der Waals surface area contributed by atoms with Gasteiger partial charge in [0.2, 0.25) is 0 Å². The normalized spacial score (nSPS) is 10.2. The van der Waals surface area contributed by atoms with Gasteiger partial charge in [-0.1, -0.05) is 24.1 Å². The first-order valence-corrected chi connectivity index (χ1v) is 7.32. The highest BCUT2D eigenvalue weighted by Gasteiger charge is 2.10. The molecule has 4 nitrogen and oxygen atoms in total. The van der Waals surface area contributed by atoms with Crippen LogP contribution in [0.1, 0.15) is 5.56 Å². The zero-order valence-corrected chi connectivity index (χ0v) is 13.6. The van der Waals surface area contributed by atoms with Gasteiger partial charge in [0.25, 0.3) is 0 Å². The lowest BCUT2D eigenvalue weighted by Gasteiger charge is -2.11. The van der Waals surface area contributed by atoms with Crippen molar-refractivity contribution >= 4 is 27.8 Å². The molecule has 0 saturated heterocycles. The summed E-state index contributed by atoms with van der Waals surface area (Å²) in [4.78, 5) is 0. The van der Waals surface area contributed by atoms with Crippen molar-refractivity contribution in [3.63, 3.8) is 0 Å². The van der Waals surface area contributed by atoms with Crippen LogP contribution < -0.4 is 14.9 Å². The molecule has 0 unspecified atom stereocenters. The summed E-state index contributed by atoms with van der Waals surface area (Å²) in [5.74, 6) is 3.59. The summed E-state index contributed by atoms with van der Waals surface area (Å²) < 4.78 is 11.5. The summed E-state index contributed by atoms with van der Waals surface area (Å²) in [7, 11) is 1.58. The zero-order chi connectivity index (χ0) is 15.8. The molecular weight excluding hydrogens is 344 g/mol. The van der Waals surface area contributed by atoms with E-state index in [1.165, 1.54) is 0 Å². The van der Waals surface area contributed by atoms with Crippen LogP contribution in [0.2, 0.25) is 0 Å². The van der Waals surface area contributed by atoms with Crippen LogP contribution in [-0.4, -0.2) is 19.9 Å². The molecule has 0 fully saturated rings. The van der Waals surface area contributed by atoms with E-state index >= 15 is 0 Å². The molecule has 0 atom stereocenters.